The fourth-order valence-electron chi connectivity index (χ4n) is 2.46. The molecule has 1 fully saturated rings. The van der Waals surface area contributed by atoms with Crippen molar-refractivity contribution < 1.29 is 14.3 Å². The number of esters is 1. The van der Waals surface area contributed by atoms with Gasteiger partial charge in [-0.05, 0) is 12.8 Å². The highest BCUT2D eigenvalue weighted by Gasteiger charge is 2.24. The lowest BCUT2D eigenvalue weighted by Gasteiger charge is -2.25. The molecular weight excluding hydrogens is 232 g/mol. The molecule has 0 aromatic rings. The molecule has 18 heavy (non-hydrogen) atoms. The first-order valence-electron chi connectivity index (χ1n) is 6.75. The van der Waals surface area contributed by atoms with Crippen molar-refractivity contribution in [1.82, 2.24) is 5.32 Å². The highest BCUT2D eigenvalue weighted by molar-refractivity contribution is 5.84. The molecule has 0 unspecified atom stereocenters. The van der Waals surface area contributed by atoms with Crippen molar-refractivity contribution in [3.63, 3.8) is 0 Å². The minimum Gasteiger partial charge on any atom is -0.468 e. The third-order valence-electron chi connectivity index (χ3n) is 3.43. The molecule has 1 atom stereocenters. The Morgan fingerprint density at radius 1 is 1.22 bits per heavy atom. The smallest absolute Gasteiger partial charge is 0.323 e. The van der Waals surface area contributed by atoms with Gasteiger partial charge in [0.2, 0.25) is 5.91 Å². The Balaban J connectivity index is 2.51. The molecule has 0 aliphatic heterocycles. The lowest BCUT2D eigenvalue weighted by Crippen LogP contribution is -2.46. The maximum Gasteiger partial charge on any atom is 0.323 e. The molecule has 1 amide bonds. The molecule has 0 bridgehead atoms. The summed E-state index contributed by atoms with van der Waals surface area (Å²) in [5.41, 5.74) is 5.16. The first-order chi connectivity index (χ1) is 8.63. The molecule has 1 rings (SSSR count). The minimum atomic E-state index is -0.600. The highest BCUT2D eigenvalue weighted by atomic mass is 16.5. The van der Waals surface area contributed by atoms with E-state index < -0.39 is 17.9 Å². The summed E-state index contributed by atoms with van der Waals surface area (Å²) in [6.07, 6.45) is 8.23. The molecule has 104 valence electrons. The van der Waals surface area contributed by atoms with Gasteiger partial charge in [-0.15, -0.1) is 0 Å². The van der Waals surface area contributed by atoms with Crippen molar-refractivity contribution in [2.75, 3.05) is 7.11 Å². The van der Waals surface area contributed by atoms with Gasteiger partial charge in [0, 0.05) is 6.04 Å². The van der Waals surface area contributed by atoms with Gasteiger partial charge in [0.25, 0.3) is 0 Å². The number of rotatable bonds is 5. The third kappa shape index (κ3) is 5.49. The second kappa shape index (κ2) is 8.08. The summed E-state index contributed by atoms with van der Waals surface area (Å²) in [6.45, 7) is 0. The van der Waals surface area contributed by atoms with Crippen LogP contribution in [0.3, 0.4) is 0 Å². The van der Waals surface area contributed by atoms with Crippen LogP contribution < -0.4 is 11.1 Å². The van der Waals surface area contributed by atoms with Crippen LogP contribution in [0.25, 0.3) is 0 Å². The van der Waals surface area contributed by atoms with E-state index in [0.29, 0.717) is 0 Å². The van der Waals surface area contributed by atoms with Crippen molar-refractivity contribution in [3.8, 4) is 0 Å². The van der Waals surface area contributed by atoms with Crippen LogP contribution in [0.4, 0.5) is 0 Å². The third-order valence-corrected chi connectivity index (χ3v) is 3.43. The Bertz CT molecular complexity index is 273. The second-order valence-electron chi connectivity index (χ2n) is 4.95. The lowest BCUT2D eigenvalue weighted by atomic mass is 9.96. The highest BCUT2D eigenvalue weighted by Crippen LogP contribution is 2.18. The van der Waals surface area contributed by atoms with E-state index >= 15 is 0 Å². The lowest BCUT2D eigenvalue weighted by molar-refractivity contribution is -0.144. The van der Waals surface area contributed by atoms with E-state index in [1.165, 1.54) is 39.2 Å². The van der Waals surface area contributed by atoms with E-state index in [1.54, 1.807) is 0 Å². The Morgan fingerprint density at radius 3 is 2.28 bits per heavy atom. The zero-order valence-corrected chi connectivity index (χ0v) is 11.1. The Kier molecular flexibility index (Phi) is 6.72. The maximum atomic E-state index is 11.6. The molecule has 0 heterocycles. The molecule has 1 saturated carbocycles. The van der Waals surface area contributed by atoms with Crippen LogP contribution in [0.5, 0.6) is 0 Å². The van der Waals surface area contributed by atoms with Crippen molar-refractivity contribution >= 4 is 11.9 Å². The summed E-state index contributed by atoms with van der Waals surface area (Å²) in [4.78, 5) is 22.6. The van der Waals surface area contributed by atoms with E-state index in [0.717, 1.165) is 12.8 Å². The number of nitrogens with one attached hydrogen (secondary N) is 1. The van der Waals surface area contributed by atoms with Crippen LogP contribution >= 0.6 is 0 Å². The molecular formula is C13H24N2O3. The number of primary amides is 1. The van der Waals surface area contributed by atoms with Gasteiger partial charge in [-0.25, -0.2) is 0 Å². The van der Waals surface area contributed by atoms with Gasteiger partial charge < -0.3 is 15.8 Å². The van der Waals surface area contributed by atoms with Crippen molar-refractivity contribution in [1.29, 1.82) is 0 Å². The van der Waals surface area contributed by atoms with Gasteiger partial charge in [-0.3, -0.25) is 9.59 Å². The predicted molar refractivity (Wildman–Crippen MR) is 68.9 cm³/mol. The summed E-state index contributed by atoms with van der Waals surface area (Å²) in [5.74, 6) is -0.889. The molecule has 5 heteroatoms. The Morgan fingerprint density at radius 2 is 1.78 bits per heavy atom. The van der Waals surface area contributed by atoms with Crippen LogP contribution in [-0.2, 0) is 14.3 Å². The molecule has 0 spiro atoms. The number of carbonyl (C=O) groups excluding carboxylic acids is 2. The van der Waals surface area contributed by atoms with Crippen molar-refractivity contribution in [3.05, 3.63) is 0 Å². The Labute approximate surface area is 108 Å². The van der Waals surface area contributed by atoms with E-state index in [4.69, 9.17) is 10.5 Å². The number of hydrogen-bond donors (Lipinski definition) is 2. The van der Waals surface area contributed by atoms with Crippen LogP contribution in [0.2, 0.25) is 0 Å². The van der Waals surface area contributed by atoms with Crippen molar-refractivity contribution in [2.45, 2.75) is 63.5 Å². The second-order valence-corrected chi connectivity index (χ2v) is 4.95. The normalized spacial score (nSPS) is 19.6. The van der Waals surface area contributed by atoms with Crippen LogP contribution in [-0.4, -0.2) is 31.1 Å². The van der Waals surface area contributed by atoms with Gasteiger partial charge in [0.05, 0.1) is 13.5 Å². The fraction of sp³-hybridized carbons (Fsp3) is 0.846. The first kappa shape index (κ1) is 15.0. The molecule has 0 aromatic heterocycles. The summed E-state index contributed by atoms with van der Waals surface area (Å²) in [7, 11) is 1.33. The van der Waals surface area contributed by atoms with E-state index in [2.05, 4.69) is 5.32 Å². The molecule has 1 aliphatic carbocycles. The van der Waals surface area contributed by atoms with Crippen LogP contribution in [0.15, 0.2) is 0 Å². The zero-order chi connectivity index (χ0) is 13.4. The SMILES string of the molecule is COC(=O)[C@H](CC(N)=O)NC1CCCCCCC1. The number of ether oxygens (including phenoxy) is 1. The topological polar surface area (TPSA) is 81.4 Å². The van der Waals surface area contributed by atoms with Crippen LogP contribution in [0.1, 0.15) is 51.4 Å². The number of nitrogens with two attached hydrogens (primary N) is 1. The predicted octanol–water partition coefficient (Wildman–Crippen LogP) is 1.11. The van der Waals surface area contributed by atoms with Gasteiger partial charge in [0.1, 0.15) is 6.04 Å². The van der Waals surface area contributed by atoms with E-state index in [9.17, 15) is 9.59 Å². The number of amides is 1. The molecule has 0 saturated heterocycles. The number of hydrogen-bond acceptors (Lipinski definition) is 4. The summed E-state index contributed by atoms with van der Waals surface area (Å²) in [6, 6.07) is -0.314. The van der Waals surface area contributed by atoms with E-state index in [-0.39, 0.29) is 12.5 Å². The minimum absolute atomic E-state index is 0.00315. The summed E-state index contributed by atoms with van der Waals surface area (Å²) >= 11 is 0. The fourth-order valence-corrected chi connectivity index (χ4v) is 2.46. The average Bonchev–Trinajstić information content (AvgIpc) is 2.29. The number of methoxy groups -OCH3 is 1. The van der Waals surface area contributed by atoms with Crippen molar-refractivity contribution in [2.24, 2.45) is 5.73 Å². The van der Waals surface area contributed by atoms with Gasteiger partial charge in [-0.1, -0.05) is 32.1 Å². The van der Waals surface area contributed by atoms with Gasteiger partial charge in [0.15, 0.2) is 0 Å². The number of carbonyl (C=O) groups is 2. The monoisotopic (exact) mass is 256 g/mol. The quantitative estimate of drug-likeness (QED) is 0.722. The van der Waals surface area contributed by atoms with Crippen LogP contribution in [0, 0.1) is 0 Å². The summed E-state index contributed by atoms with van der Waals surface area (Å²) < 4.78 is 4.70. The van der Waals surface area contributed by atoms with Gasteiger partial charge >= 0.3 is 5.97 Å². The first-order valence-corrected chi connectivity index (χ1v) is 6.75. The largest absolute Gasteiger partial charge is 0.468 e. The standard InChI is InChI=1S/C13H24N2O3/c1-18-13(17)11(9-12(14)16)15-10-7-5-3-2-4-6-8-10/h10-11,15H,2-9H2,1H3,(H2,14,16)/t11-/m0/s1. The molecule has 0 radical (unpaired) electrons. The summed E-state index contributed by atoms with van der Waals surface area (Å²) in [5, 5.41) is 3.23. The van der Waals surface area contributed by atoms with E-state index in [1.807, 2.05) is 0 Å². The molecule has 0 aromatic carbocycles. The molecule has 3 N–H and O–H groups in total. The molecule has 5 nitrogen and oxygen atoms in total. The Hall–Kier alpha value is -1.10. The molecule has 1 aliphatic rings. The van der Waals surface area contributed by atoms with Gasteiger partial charge in [-0.2, -0.15) is 0 Å². The average molecular weight is 256 g/mol. The maximum absolute atomic E-state index is 11.6. The zero-order valence-electron chi connectivity index (χ0n) is 11.1.